The second-order valence-corrected chi connectivity index (χ2v) is 4.99. The van der Waals surface area contributed by atoms with Crippen molar-refractivity contribution in [3.05, 3.63) is 51.9 Å². The number of aliphatic carboxylic acids is 1. The summed E-state index contributed by atoms with van der Waals surface area (Å²) in [5.41, 5.74) is 1.10. The number of benzene rings is 1. The first-order chi connectivity index (χ1) is 11.4. The summed E-state index contributed by atoms with van der Waals surface area (Å²) in [4.78, 5) is 34.2. The highest BCUT2D eigenvalue weighted by molar-refractivity contribution is 6.03. The molecule has 24 heavy (non-hydrogen) atoms. The van der Waals surface area contributed by atoms with E-state index in [4.69, 9.17) is 9.84 Å². The Morgan fingerprint density at radius 3 is 2.67 bits per heavy atom. The number of anilines is 1. The molecule has 1 amide bonds. The van der Waals surface area contributed by atoms with E-state index in [1.54, 1.807) is 32.0 Å². The number of carbonyl (C=O) groups excluding carboxylic acids is 1. The van der Waals surface area contributed by atoms with Crippen molar-refractivity contribution >= 4 is 17.6 Å². The van der Waals surface area contributed by atoms with Gasteiger partial charge in [0, 0.05) is 18.3 Å². The predicted molar refractivity (Wildman–Crippen MR) is 86.4 cm³/mol. The van der Waals surface area contributed by atoms with Crippen LogP contribution < -0.4 is 15.6 Å². The van der Waals surface area contributed by atoms with Crippen molar-refractivity contribution in [1.29, 1.82) is 0 Å². The van der Waals surface area contributed by atoms with E-state index in [1.165, 1.54) is 16.8 Å². The van der Waals surface area contributed by atoms with Gasteiger partial charge in [-0.1, -0.05) is 0 Å². The number of nitrogens with one attached hydrogen (secondary N) is 1. The predicted octanol–water partition coefficient (Wildman–Crippen LogP) is 1.29. The number of ether oxygens (including phenoxy) is 1. The molecule has 8 nitrogen and oxygen atoms in total. The number of carbonyl (C=O) groups is 2. The maximum absolute atomic E-state index is 12.2. The van der Waals surface area contributed by atoms with E-state index in [1.807, 2.05) is 0 Å². The van der Waals surface area contributed by atoms with Crippen molar-refractivity contribution in [2.45, 2.75) is 20.4 Å². The summed E-state index contributed by atoms with van der Waals surface area (Å²) >= 11 is 0. The number of amides is 1. The van der Waals surface area contributed by atoms with E-state index in [2.05, 4.69) is 10.4 Å². The van der Waals surface area contributed by atoms with Crippen LogP contribution in [0.1, 0.15) is 23.0 Å². The first-order valence-corrected chi connectivity index (χ1v) is 7.25. The number of carboxylic acid groups (broad SMARTS) is 1. The van der Waals surface area contributed by atoms with E-state index in [0.29, 0.717) is 23.5 Å². The van der Waals surface area contributed by atoms with Crippen molar-refractivity contribution in [3.63, 3.8) is 0 Å². The Kier molecular flexibility index (Phi) is 5.31. The van der Waals surface area contributed by atoms with E-state index in [-0.39, 0.29) is 11.3 Å². The van der Waals surface area contributed by atoms with E-state index < -0.39 is 18.5 Å². The van der Waals surface area contributed by atoms with Crippen LogP contribution in [0.25, 0.3) is 0 Å². The van der Waals surface area contributed by atoms with Crippen LogP contribution in [0, 0.1) is 6.92 Å². The Morgan fingerprint density at radius 2 is 2.04 bits per heavy atom. The van der Waals surface area contributed by atoms with Gasteiger partial charge in [0.05, 0.1) is 0 Å². The monoisotopic (exact) mass is 331 g/mol. The molecule has 2 N–H and O–H groups in total. The lowest BCUT2D eigenvalue weighted by atomic mass is 10.2. The second-order valence-electron chi connectivity index (χ2n) is 4.99. The smallest absolute Gasteiger partial charge is 0.341 e. The maximum atomic E-state index is 12.2. The van der Waals surface area contributed by atoms with Crippen molar-refractivity contribution in [2.75, 3.05) is 11.9 Å². The first-order valence-electron chi connectivity index (χ1n) is 7.25. The number of rotatable bonds is 6. The fourth-order valence-corrected chi connectivity index (χ4v) is 1.99. The van der Waals surface area contributed by atoms with Gasteiger partial charge >= 0.3 is 5.97 Å². The molecule has 0 aliphatic carbocycles. The van der Waals surface area contributed by atoms with Crippen LogP contribution in [0.15, 0.2) is 35.1 Å². The molecule has 0 radical (unpaired) electrons. The summed E-state index contributed by atoms with van der Waals surface area (Å²) in [6.45, 7) is 3.45. The molecule has 1 heterocycles. The minimum absolute atomic E-state index is 0.127. The second kappa shape index (κ2) is 7.40. The van der Waals surface area contributed by atoms with Gasteiger partial charge in [-0.15, -0.1) is 0 Å². The molecular formula is C16H17N3O5. The molecule has 126 valence electrons. The van der Waals surface area contributed by atoms with E-state index in [9.17, 15) is 14.4 Å². The number of aryl methyl sites for hydroxylation is 2. The van der Waals surface area contributed by atoms with Crippen LogP contribution in [0.3, 0.4) is 0 Å². The molecule has 0 saturated heterocycles. The van der Waals surface area contributed by atoms with Crippen LogP contribution in [0.4, 0.5) is 5.69 Å². The largest absolute Gasteiger partial charge is 0.482 e. The normalized spacial score (nSPS) is 10.2. The van der Waals surface area contributed by atoms with Crippen molar-refractivity contribution < 1.29 is 19.4 Å². The number of carboxylic acids is 1. The van der Waals surface area contributed by atoms with Crippen LogP contribution in [-0.4, -0.2) is 33.4 Å². The molecule has 2 aromatic rings. The molecule has 0 saturated carbocycles. The van der Waals surface area contributed by atoms with Crippen molar-refractivity contribution in [2.24, 2.45) is 0 Å². The van der Waals surface area contributed by atoms with Crippen LogP contribution in [0.2, 0.25) is 0 Å². The number of aromatic nitrogens is 2. The Hall–Kier alpha value is -3.16. The molecule has 0 fully saturated rings. The summed E-state index contributed by atoms with van der Waals surface area (Å²) in [7, 11) is 0. The molecule has 0 atom stereocenters. The highest BCUT2D eigenvalue weighted by atomic mass is 16.5. The average molecular weight is 331 g/mol. The van der Waals surface area contributed by atoms with Crippen molar-refractivity contribution in [1.82, 2.24) is 9.78 Å². The maximum Gasteiger partial charge on any atom is 0.341 e. The van der Waals surface area contributed by atoms with Gasteiger partial charge < -0.3 is 15.2 Å². The number of hydrogen-bond acceptors (Lipinski definition) is 5. The Labute approximate surface area is 137 Å². The summed E-state index contributed by atoms with van der Waals surface area (Å²) in [5.74, 6) is -1.12. The zero-order chi connectivity index (χ0) is 17.7. The minimum Gasteiger partial charge on any atom is -0.482 e. The molecular weight excluding hydrogens is 314 g/mol. The zero-order valence-electron chi connectivity index (χ0n) is 13.3. The molecule has 1 aromatic heterocycles. The summed E-state index contributed by atoms with van der Waals surface area (Å²) < 4.78 is 6.27. The first kappa shape index (κ1) is 17.2. The average Bonchev–Trinajstić information content (AvgIpc) is 2.55. The van der Waals surface area contributed by atoms with Gasteiger partial charge in [0.15, 0.2) is 6.61 Å². The van der Waals surface area contributed by atoms with Crippen LogP contribution in [-0.2, 0) is 11.3 Å². The highest BCUT2D eigenvalue weighted by Crippen LogP contribution is 2.21. The number of nitrogens with zero attached hydrogens (tertiary/aromatic N) is 2. The Bertz CT molecular complexity index is 829. The SMILES string of the molecule is CCn1nc(C(=O)Nc2ccc(OCC(=O)O)cc2C)ccc1=O. The molecule has 8 heteroatoms. The van der Waals surface area contributed by atoms with E-state index >= 15 is 0 Å². The molecule has 0 aliphatic rings. The Balaban J connectivity index is 2.14. The Morgan fingerprint density at radius 1 is 1.29 bits per heavy atom. The van der Waals surface area contributed by atoms with Gasteiger partial charge in [0.25, 0.3) is 11.5 Å². The number of hydrogen-bond donors (Lipinski definition) is 2. The fraction of sp³-hybridized carbons (Fsp3) is 0.250. The fourth-order valence-electron chi connectivity index (χ4n) is 1.99. The third kappa shape index (κ3) is 4.19. The summed E-state index contributed by atoms with van der Waals surface area (Å²) in [5, 5.41) is 15.3. The van der Waals surface area contributed by atoms with Gasteiger partial charge in [-0.2, -0.15) is 5.10 Å². The van der Waals surface area contributed by atoms with Crippen LogP contribution >= 0.6 is 0 Å². The molecule has 0 spiro atoms. The topological polar surface area (TPSA) is 111 Å². The highest BCUT2D eigenvalue weighted by Gasteiger charge is 2.11. The third-order valence-electron chi connectivity index (χ3n) is 3.21. The van der Waals surface area contributed by atoms with E-state index in [0.717, 1.165) is 0 Å². The quantitative estimate of drug-likeness (QED) is 0.825. The molecule has 0 aliphatic heterocycles. The van der Waals surface area contributed by atoms with Crippen molar-refractivity contribution in [3.8, 4) is 5.75 Å². The lowest BCUT2D eigenvalue weighted by molar-refractivity contribution is -0.139. The van der Waals surface area contributed by atoms with Crippen LogP contribution in [0.5, 0.6) is 5.75 Å². The lowest BCUT2D eigenvalue weighted by Crippen LogP contribution is -2.25. The summed E-state index contributed by atoms with van der Waals surface area (Å²) in [6.07, 6.45) is 0. The zero-order valence-corrected chi connectivity index (χ0v) is 13.3. The molecule has 0 bridgehead atoms. The van der Waals surface area contributed by atoms with Gasteiger partial charge in [-0.25, -0.2) is 9.48 Å². The van der Waals surface area contributed by atoms with Gasteiger partial charge in [0.1, 0.15) is 11.4 Å². The minimum atomic E-state index is -1.07. The van der Waals surface area contributed by atoms with Gasteiger partial charge in [0.2, 0.25) is 0 Å². The summed E-state index contributed by atoms with van der Waals surface area (Å²) in [6, 6.07) is 7.45. The van der Waals surface area contributed by atoms with Gasteiger partial charge in [-0.3, -0.25) is 9.59 Å². The third-order valence-corrected chi connectivity index (χ3v) is 3.21. The molecule has 1 aromatic carbocycles. The lowest BCUT2D eigenvalue weighted by Gasteiger charge is -2.11. The van der Waals surface area contributed by atoms with Gasteiger partial charge in [-0.05, 0) is 43.7 Å². The molecule has 0 unspecified atom stereocenters. The molecule has 2 rings (SSSR count). The standard InChI is InChI=1S/C16H17N3O5/c1-3-19-14(20)7-6-13(18-19)16(23)17-12-5-4-11(8-10(12)2)24-9-15(21)22/h4-8H,3,9H2,1-2H3,(H,17,23)(H,21,22).